The topological polar surface area (TPSA) is 92.7 Å². The Morgan fingerprint density at radius 1 is 1.10 bits per heavy atom. The number of pyridine rings is 1. The number of hydrogen-bond donors (Lipinski definition) is 2. The lowest BCUT2D eigenvalue weighted by atomic mass is 10.0. The third-order valence-corrected chi connectivity index (χ3v) is 7.32. The lowest BCUT2D eigenvalue weighted by molar-refractivity contribution is -0.137. The summed E-state index contributed by atoms with van der Waals surface area (Å²) in [6.45, 7) is 1.91. The van der Waals surface area contributed by atoms with Crippen molar-refractivity contribution in [2.24, 2.45) is 0 Å². The summed E-state index contributed by atoms with van der Waals surface area (Å²) in [5.74, 6) is -0.106. The van der Waals surface area contributed by atoms with E-state index in [9.17, 15) is 18.0 Å². The zero-order valence-electron chi connectivity index (χ0n) is 21.3. The van der Waals surface area contributed by atoms with E-state index < -0.39 is 11.7 Å². The Morgan fingerprint density at radius 3 is 2.64 bits per heavy atom. The summed E-state index contributed by atoms with van der Waals surface area (Å²) in [6, 6.07) is 16.0. The van der Waals surface area contributed by atoms with Crippen LogP contribution in [0.25, 0.3) is 16.5 Å². The molecule has 2 heterocycles. The molecule has 0 spiro atoms. The average molecular weight is 549 g/mol. The van der Waals surface area contributed by atoms with Crippen LogP contribution in [-0.4, -0.2) is 21.5 Å². The van der Waals surface area contributed by atoms with Gasteiger partial charge in [-0.25, -0.2) is 4.98 Å². The van der Waals surface area contributed by atoms with Gasteiger partial charge in [0, 0.05) is 30.3 Å². The first-order valence-corrected chi connectivity index (χ1v) is 13.1. The number of rotatable bonds is 10. The van der Waals surface area contributed by atoms with Crippen molar-refractivity contribution < 1.29 is 18.0 Å². The molecular weight excluding hydrogens is 521 g/mol. The highest BCUT2D eigenvalue weighted by Gasteiger charge is 2.30. The number of ketones is 1. The SMILES string of the molecule is Cc1nc(CCCC(=O)Cc2cccc(C(F)(F)F)c2)sc1-c1ccc(C(=N)/C=C/c2ccccn2)c(N)c1. The number of halogens is 3. The number of nitrogens with one attached hydrogen (secondary N) is 1. The van der Waals surface area contributed by atoms with Gasteiger partial charge in [0.15, 0.2) is 0 Å². The maximum atomic E-state index is 12.9. The van der Waals surface area contributed by atoms with Crippen LogP contribution in [0.15, 0.2) is 72.9 Å². The van der Waals surface area contributed by atoms with Gasteiger partial charge in [0.05, 0.1) is 32.5 Å². The van der Waals surface area contributed by atoms with Crippen molar-refractivity contribution in [1.29, 1.82) is 5.41 Å². The third-order valence-electron chi connectivity index (χ3n) is 6.06. The van der Waals surface area contributed by atoms with E-state index in [0.717, 1.165) is 39.0 Å². The third kappa shape index (κ3) is 7.48. The van der Waals surface area contributed by atoms with Crippen molar-refractivity contribution in [3.8, 4) is 10.4 Å². The number of allylic oxidation sites excluding steroid dienone is 1. The number of hydrogen-bond acceptors (Lipinski definition) is 6. The number of aryl methyl sites for hydroxylation is 2. The van der Waals surface area contributed by atoms with E-state index in [1.165, 1.54) is 17.4 Å². The number of carbonyl (C=O) groups is 1. The Kier molecular flexibility index (Phi) is 8.71. The van der Waals surface area contributed by atoms with Gasteiger partial charge in [0.25, 0.3) is 0 Å². The minimum atomic E-state index is -4.43. The van der Waals surface area contributed by atoms with Gasteiger partial charge in [0.1, 0.15) is 5.78 Å². The molecule has 0 aliphatic rings. The number of carbonyl (C=O) groups excluding carboxylic acids is 1. The number of nitrogens with zero attached hydrogens (tertiary/aromatic N) is 2. The first-order chi connectivity index (χ1) is 18.6. The zero-order valence-corrected chi connectivity index (χ0v) is 22.1. The number of alkyl halides is 3. The van der Waals surface area contributed by atoms with Gasteiger partial charge in [-0.2, -0.15) is 13.2 Å². The number of benzene rings is 2. The van der Waals surface area contributed by atoms with E-state index in [0.29, 0.717) is 29.7 Å². The molecule has 0 saturated carbocycles. The highest BCUT2D eigenvalue weighted by molar-refractivity contribution is 7.15. The van der Waals surface area contributed by atoms with Gasteiger partial charge in [-0.15, -0.1) is 11.3 Å². The van der Waals surface area contributed by atoms with Crippen molar-refractivity contribution >= 4 is 34.6 Å². The summed E-state index contributed by atoms with van der Waals surface area (Å²) >= 11 is 1.52. The van der Waals surface area contributed by atoms with Crippen LogP contribution in [0.2, 0.25) is 0 Å². The largest absolute Gasteiger partial charge is 0.416 e. The van der Waals surface area contributed by atoms with Crippen LogP contribution < -0.4 is 5.73 Å². The maximum Gasteiger partial charge on any atom is 0.416 e. The summed E-state index contributed by atoms with van der Waals surface area (Å²) in [4.78, 5) is 22.2. The normalized spacial score (nSPS) is 11.7. The summed E-state index contributed by atoms with van der Waals surface area (Å²) in [5.41, 5.74) is 9.79. The molecule has 2 aromatic carbocycles. The van der Waals surface area contributed by atoms with Gasteiger partial charge >= 0.3 is 6.18 Å². The molecule has 0 aliphatic carbocycles. The monoisotopic (exact) mass is 548 g/mol. The van der Waals surface area contributed by atoms with Gasteiger partial charge < -0.3 is 11.1 Å². The molecule has 4 aromatic rings. The van der Waals surface area contributed by atoms with Crippen molar-refractivity contribution in [2.45, 2.75) is 38.8 Å². The van der Waals surface area contributed by atoms with Crippen LogP contribution in [-0.2, 0) is 23.8 Å². The minimum Gasteiger partial charge on any atom is -0.398 e. The van der Waals surface area contributed by atoms with Crippen molar-refractivity contribution in [3.63, 3.8) is 0 Å². The molecule has 0 saturated heterocycles. The molecule has 0 atom stereocenters. The van der Waals surface area contributed by atoms with Crippen LogP contribution >= 0.6 is 11.3 Å². The van der Waals surface area contributed by atoms with Crippen molar-refractivity contribution in [1.82, 2.24) is 9.97 Å². The second kappa shape index (κ2) is 12.2. The van der Waals surface area contributed by atoms with E-state index in [2.05, 4.69) is 9.97 Å². The smallest absolute Gasteiger partial charge is 0.398 e. The predicted octanol–water partition coefficient (Wildman–Crippen LogP) is 7.33. The predicted molar refractivity (Wildman–Crippen MR) is 150 cm³/mol. The molecule has 0 fully saturated rings. The Labute approximate surface area is 228 Å². The fourth-order valence-corrected chi connectivity index (χ4v) is 5.22. The van der Waals surface area contributed by atoms with Crippen LogP contribution in [0.3, 0.4) is 0 Å². The molecule has 0 unspecified atom stereocenters. The van der Waals surface area contributed by atoms with E-state index in [4.69, 9.17) is 11.1 Å². The lowest BCUT2D eigenvalue weighted by Gasteiger charge is -2.08. The number of Topliss-reactive ketones (excluding diaryl/α,β-unsaturated/α-hetero) is 1. The quantitative estimate of drug-likeness (QED) is 0.160. The van der Waals surface area contributed by atoms with Gasteiger partial charge in [-0.3, -0.25) is 9.78 Å². The number of anilines is 1. The van der Waals surface area contributed by atoms with E-state index in [1.54, 1.807) is 24.4 Å². The number of nitrogens with two attached hydrogens (primary N) is 1. The summed E-state index contributed by atoms with van der Waals surface area (Å²) in [7, 11) is 0. The second-order valence-electron chi connectivity index (χ2n) is 9.09. The number of aromatic nitrogens is 2. The Balaban J connectivity index is 1.35. The van der Waals surface area contributed by atoms with Gasteiger partial charge in [0.2, 0.25) is 0 Å². The molecular formula is C30H27F3N4OS. The van der Waals surface area contributed by atoms with Crippen molar-refractivity contribution in [3.05, 3.63) is 106 Å². The second-order valence-corrected chi connectivity index (χ2v) is 10.2. The molecule has 4 rings (SSSR count). The molecule has 39 heavy (non-hydrogen) atoms. The van der Waals surface area contributed by atoms with E-state index in [1.807, 2.05) is 43.3 Å². The molecule has 9 heteroatoms. The van der Waals surface area contributed by atoms with Gasteiger partial charge in [-0.1, -0.05) is 36.4 Å². The van der Waals surface area contributed by atoms with Crippen molar-refractivity contribution in [2.75, 3.05) is 5.73 Å². The fourth-order valence-electron chi connectivity index (χ4n) is 4.12. The minimum absolute atomic E-state index is 0.0241. The van der Waals surface area contributed by atoms with Crippen LogP contribution in [0.5, 0.6) is 0 Å². The molecule has 0 bridgehead atoms. The first-order valence-electron chi connectivity index (χ1n) is 12.3. The summed E-state index contributed by atoms with van der Waals surface area (Å²) in [6.07, 6.45) is 2.09. The fraction of sp³-hybridized carbons (Fsp3) is 0.200. The lowest BCUT2D eigenvalue weighted by Crippen LogP contribution is -2.07. The average Bonchev–Trinajstić information content (AvgIpc) is 3.27. The van der Waals surface area contributed by atoms with E-state index in [-0.39, 0.29) is 24.3 Å². The highest BCUT2D eigenvalue weighted by Crippen LogP contribution is 2.33. The van der Waals surface area contributed by atoms with Crippen LogP contribution in [0.1, 0.15) is 45.9 Å². The Bertz CT molecular complexity index is 1510. The Hall–Kier alpha value is -4.11. The molecule has 5 nitrogen and oxygen atoms in total. The summed E-state index contributed by atoms with van der Waals surface area (Å²) in [5, 5.41) is 9.26. The number of thiazole rings is 1. The standard InChI is InChI=1S/C30H27F3N4OS/c1-19-29(21-11-13-25(27(35)18-21)26(34)14-12-23-8-2-3-15-36-23)39-28(37-19)10-5-9-24(38)17-20-6-4-7-22(16-20)30(31,32)33/h2-4,6-8,11-16,18,34H,5,9-10,17,35H2,1H3/b14-12+,34-26?. The highest BCUT2D eigenvalue weighted by atomic mass is 32.1. The first kappa shape index (κ1) is 27.9. The molecule has 0 aliphatic heterocycles. The van der Waals surface area contributed by atoms with Gasteiger partial charge in [-0.05, 0) is 67.3 Å². The van der Waals surface area contributed by atoms with Crippen LogP contribution in [0.4, 0.5) is 18.9 Å². The molecule has 200 valence electrons. The van der Waals surface area contributed by atoms with Crippen LogP contribution in [0, 0.1) is 12.3 Å². The molecule has 2 aromatic heterocycles. The maximum absolute atomic E-state index is 12.9. The molecule has 0 radical (unpaired) electrons. The molecule has 0 amide bonds. The number of nitrogen functional groups attached to an aromatic ring is 1. The summed E-state index contributed by atoms with van der Waals surface area (Å²) < 4.78 is 38.7. The Morgan fingerprint density at radius 2 is 1.92 bits per heavy atom. The zero-order chi connectivity index (χ0) is 28.0. The van der Waals surface area contributed by atoms with E-state index >= 15 is 0 Å². The molecule has 3 N–H and O–H groups in total.